The van der Waals surface area contributed by atoms with Crippen LogP contribution in [0, 0.1) is 17.1 Å². The lowest BCUT2D eigenvalue weighted by molar-refractivity contribution is -0.113. The van der Waals surface area contributed by atoms with Crippen LogP contribution in [-0.4, -0.2) is 21.6 Å². The van der Waals surface area contributed by atoms with E-state index < -0.39 is 5.82 Å². The lowest BCUT2D eigenvalue weighted by Crippen LogP contribution is -2.15. The molecule has 4 rings (SSSR count). The number of anilines is 1. The van der Waals surface area contributed by atoms with E-state index in [1.807, 2.05) is 12.1 Å². The summed E-state index contributed by atoms with van der Waals surface area (Å²) in [4.78, 5) is 21.3. The third-order valence-corrected chi connectivity index (χ3v) is 5.93. The van der Waals surface area contributed by atoms with E-state index in [0.717, 1.165) is 48.1 Å². The summed E-state index contributed by atoms with van der Waals surface area (Å²) in [6.07, 6.45) is 7.33. The number of nitrogens with zero attached hydrogens (tertiary/aromatic N) is 3. The van der Waals surface area contributed by atoms with Crippen LogP contribution in [0.5, 0.6) is 0 Å². The number of benzene rings is 1. The number of nitriles is 1. The Kier molecular flexibility index (Phi) is 6.05. The van der Waals surface area contributed by atoms with Gasteiger partial charge in [-0.25, -0.2) is 9.37 Å². The molecule has 3 aromatic rings. The molecule has 0 spiro atoms. The van der Waals surface area contributed by atoms with Gasteiger partial charge in [0.2, 0.25) is 5.91 Å². The predicted octanol–water partition coefficient (Wildman–Crippen LogP) is 4.76. The van der Waals surface area contributed by atoms with Crippen LogP contribution in [0.25, 0.3) is 11.1 Å². The standard InChI is InChI=1S/C23H19FN4OS/c24-16-6-3-7-17(11-16)27-21(29)14-30-23-19(12-25)22(15-5-4-10-26-13-15)18-8-1-2-9-20(18)28-23/h3-7,10-11,13H,1-2,8-9,14H2,(H,27,29). The van der Waals surface area contributed by atoms with Gasteiger partial charge in [-0.15, -0.1) is 0 Å². The topological polar surface area (TPSA) is 78.7 Å². The van der Waals surface area contributed by atoms with E-state index in [1.54, 1.807) is 18.5 Å². The SMILES string of the molecule is N#Cc1c(SCC(=O)Nc2cccc(F)c2)nc2c(c1-c1cccnc1)CCCC2. The average molecular weight is 418 g/mol. The van der Waals surface area contributed by atoms with E-state index in [2.05, 4.69) is 16.4 Å². The zero-order valence-corrected chi connectivity index (χ0v) is 17.0. The largest absolute Gasteiger partial charge is 0.325 e. The fourth-order valence-corrected chi connectivity index (χ4v) is 4.46. The van der Waals surface area contributed by atoms with E-state index in [-0.39, 0.29) is 11.7 Å². The molecule has 1 aromatic carbocycles. The van der Waals surface area contributed by atoms with Gasteiger partial charge in [-0.3, -0.25) is 9.78 Å². The van der Waals surface area contributed by atoms with E-state index in [9.17, 15) is 14.4 Å². The molecule has 1 aliphatic rings. The summed E-state index contributed by atoms with van der Waals surface area (Å²) >= 11 is 1.23. The van der Waals surface area contributed by atoms with Crippen molar-refractivity contribution in [2.45, 2.75) is 30.7 Å². The number of rotatable bonds is 5. The number of amides is 1. The Morgan fingerprint density at radius 3 is 2.87 bits per heavy atom. The second kappa shape index (κ2) is 9.06. The number of nitrogens with one attached hydrogen (secondary N) is 1. The first-order valence-electron chi connectivity index (χ1n) is 9.70. The van der Waals surface area contributed by atoms with Crippen molar-refractivity contribution >= 4 is 23.4 Å². The first kappa shape index (κ1) is 20.0. The minimum absolute atomic E-state index is 0.0729. The van der Waals surface area contributed by atoms with Crippen LogP contribution >= 0.6 is 11.8 Å². The third kappa shape index (κ3) is 4.34. The molecular formula is C23H19FN4OS. The Morgan fingerprint density at radius 2 is 2.10 bits per heavy atom. The van der Waals surface area contributed by atoms with Crippen LogP contribution in [0.4, 0.5) is 10.1 Å². The van der Waals surface area contributed by atoms with Crippen molar-refractivity contribution in [3.63, 3.8) is 0 Å². The maximum absolute atomic E-state index is 13.3. The van der Waals surface area contributed by atoms with Crippen molar-refractivity contribution in [3.8, 4) is 17.2 Å². The number of carbonyl (C=O) groups is 1. The molecular weight excluding hydrogens is 399 g/mol. The average Bonchev–Trinajstić information content (AvgIpc) is 2.77. The van der Waals surface area contributed by atoms with Crippen molar-refractivity contribution in [3.05, 3.63) is 71.4 Å². The molecule has 2 aromatic heterocycles. The molecule has 0 atom stereocenters. The highest BCUT2D eigenvalue weighted by atomic mass is 32.2. The van der Waals surface area contributed by atoms with Gasteiger partial charge in [0.25, 0.3) is 0 Å². The minimum Gasteiger partial charge on any atom is -0.325 e. The number of hydrogen-bond donors (Lipinski definition) is 1. The van der Waals surface area contributed by atoms with Gasteiger partial charge in [-0.1, -0.05) is 23.9 Å². The summed E-state index contributed by atoms with van der Waals surface area (Å²) in [6.45, 7) is 0. The zero-order chi connectivity index (χ0) is 20.9. The van der Waals surface area contributed by atoms with Crippen LogP contribution in [0.2, 0.25) is 0 Å². The number of thioether (sulfide) groups is 1. The number of hydrogen-bond acceptors (Lipinski definition) is 5. The number of aryl methyl sites for hydroxylation is 1. The summed E-state index contributed by atoms with van der Waals surface area (Å²) in [6, 6.07) is 11.9. The van der Waals surface area contributed by atoms with Gasteiger partial charge in [0, 0.05) is 34.9 Å². The van der Waals surface area contributed by atoms with Crippen molar-refractivity contribution in [2.24, 2.45) is 0 Å². The summed E-state index contributed by atoms with van der Waals surface area (Å²) in [5, 5.41) is 13.2. The maximum atomic E-state index is 13.3. The van der Waals surface area contributed by atoms with E-state index >= 15 is 0 Å². The van der Waals surface area contributed by atoms with Crippen molar-refractivity contribution in [1.29, 1.82) is 5.26 Å². The van der Waals surface area contributed by atoms with Gasteiger partial charge in [0.15, 0.2) is 0 Å². The third-order valence-electron chi connectivity index (χ3n) is 4.95. The Labute approximate surface area is 178 Å². The summed E-state index contributed by atoms with van der Waals surface area (Å²) in [5.74, 6) is -0.620. The zero-order valence-electron chi connectivity index (χ0n) is 16.2. The highest BCUT2D eigenvalue weighted by molar-refractivity contribution is 8.00. The molecule has 1 amide bonds. The Hall–Kier alpha value is -3.24. The fraction of sp³-hybridized carbons (Fsp3) is 0.217. The summed E-state index contributed by atoms with van der Waals surface area (Å²) < 4.78 is 13.3. The molecule has 0 aliphatic heterocycles. The van der Waals surface area contributed by atoms with Crippen LogP contribution < -0.4 is 5.32 Å². The number of fused-ring (bicyclic) bond motifs is 1. The molecule has 0 radical (unpaired) electrons. The van der Waals surface area contributed by atoms with Crippen LogP contribution in [0.1, 0.15) is 29.7 Å². The van der Waals surface area contributed by atoms with Crippen LogP contribution in [0.15, 0.2) is 53.8 Å². The normalized spacial score (nSPS) is 12.7. The van der Waals surface area contributed by atoms with Crippen molar-refractivity contribution in [1.82, 2.24) is 9.97 Å². The number of pyridine rings is 2. The van der Waals surface area contributed by atoms with Gasteiger partial charge in [-0.2, -0.15) is 5.26 Å². The predicted molar refractivity (Wildman–Crippen MR) is 115 cm³/mol. The molecule has 0 saturated heterocycles. The monoisotopic (exact) mass is 418 g/mol. The molecule has 30 heavy (non-hydrogen) atoms. The van der Waals surface area contributed by atoms with Gasteiger partial charge in [0.1, 0.15) is 16.9 Å². The second-order valence-corrected chi connectivity index (χ2v) is 7.96. The van der Waals surface area contributed by atoms with E-state index in [0.29, 0.717) is 16.3 Å². The Morgan fingerprint density at radius 1 is 1.23 bits per heavy atom. The molecule has 1 N–H and O–H groups in total. The second-order valence-electron chi connectivity index (χ2n) is 7.00. The maximum Gasteiger partial charge on any atom is 0.234 e. The fourth-order valence-electron chi connectivity index (χ4n) is 3.65. The van der Waals surface area contributed by atoms with Gasteiger partial charge in [0.05, 0.1) is 11.3 Å². The highest BCUT2D eigenvalue weighted by Crippen LogP contribution is 2.37. The van der Waals surface area contributed by atoms with Crippen molar-refractivity contribution in [2.75, 3.05) is 11.1 Å². The smallest absolute Gasteiger partial charge is 0.234 e. The molecule has 7 heteroatoms. The Bertz CT molecular complexity index is 1130. The summed E-state index contributed by atoms with van der Waals surface area (Å²) in [5.41, 5.74) is 4.75. The molecule has 150 valence electrons. The van der Waals surface area contributed by atoms with Gasteiger partial charge < -0.3 is 5.32 Å². The molecule has 5 nitrogen and oxygen atoms in total. The lowest BCUT2D eigenvalue weighted by atomic mass is 9.87. The van der Waals surface area contributed by atoms with Crippen molar-refractivity contribution < 1.29 is 9.18 Å². The molecule has 0 bridgehead atoms. The van der Waals surface area contributed by atoms with Crippen LogP contribution in [0.3, 0.4) is 0 Å². The number of halogens is 1. The molecule has 0 saturated carbocycles. The summed E-state index contributed by atoms with van der Waals surface area (Å²) in [7, 11) is 0. The van der Waals surface area contributed by atoms with Gasteiger partial charge >= 0.3 is 0 Å². The Balaban J connectivity index is 1.63. The van der Waals surface area contributed by atoms with E-state index in [4.69, 9.17) is 4.98 Å². The van der Waals surface area contributed by atoms with E-state index in [1.165, 1.54) is 30.0 Å². The quantitative estimate of drug-likeness (QED) is 0.604. The van der Waals surface area contributed by atoms with Gasteiger partial charge in [-0.05, 0) is 55.5 Å². The first-order valence-corrected chi connectivity index (χ1v) is 10.7. The molecule has 0 fully saturated rings. The lowest BCUT2D eigenvalue weighted by Gasteiger charge is -2.21. The molecule has 1 aliphatic carbocycles. The molecule has 2 heterocycles. The number of carbonyl (C=O) groups excluding carboxylic acids is 1. The first-order chi connectivity index (χ1) is 14.7. The van der Waals surface area contributed by atoms with Crippen LogP contribution in [-0.2, 0) is 17.6 Å². The molecule has 0 unspecified atom stereocenters. The highest BCUT2D eigenvalue weighted by Gasteiger charge is 2.23. The number of aromatic nitrogens is 2. The minimum atomic E-state index is -0.412.